The molecule has 0 bridgehead atoms. The summed E-state index contributed by atoms with van der Waals surface area (Å²) in [5, 5.41) is 24.5. The summed E-state index contributed by atoms with van der Waals surface area (Å²) in [6, 6.07) is 57.8. The van der Waals surface area contributed by atoms with Crippen molar-refractivity contribution in [2.24, 2.45) is 0 Å². The molecular weight excluding hydrogens is 685 g/mol. The second-order valence-corrected chi connectivity index (χ2v) is 13.8. The molecule has 0 radical (unpaired) electrons. The largest absolute Gasteiger partial charge is 0.309 e. The van der Waals surface area contributed by atoms with E-state index in [2.05, 4.69) is 110 Å². The van der Waals surface area contributed by atoms with E-state index in [0.29, 0.717) is 16.8 Å². The Morgan fingerprint density at radius 2 is 1.12 bits per heavy atom. The standard InChI is InChI=1S/C50H28N6/c1-53-38-11-7-10-34(25-38)36-18-21-49-44(27-36)41-13-3-5-15-47(41)56(49)50-22-23-54-31-45(50)42-28-39(19-16-37(42)30-52)55-46-14-4-2-12-40(46)43-26-35(17-20-48(43)55)33-9-6-8-32(24-33)29-51/h2-28,31H. The highest BCUT2D eigenvalue weighted by Gasteiger charge is 2.20. The SMILES string of the molecule is [C-]#[N+]c1cccc(-c2ccc3c(c2)c2ccccc2n3-c2ccncc2-c2cc(-n3c4ccccc4c4cc(-c5cccc(C#N)c5)ccc43)ccc2C#N)c1. The summed E-state index contributed by atoms with van der Waals surface area (Å²) in [6.07, 6.45) is 3.66. The number of para-hydroxylation sites is 2. The van der Waals surface area contributed by atoms with Crippen molar-refractivity contribution in [1.29, 1.82) is 10.5 Å². The molecule has 10 aromatic rings. The van der Waals surface area contributed by atoms with Crippen LogP contribution in [0.2, 0.25) is 0 Å². The minimum Gasteiger partial charge on any atom is -0.309 e. The lowest BCUT2D eigenvalue weighted by atomic mass is 9.99. The highest BCUT2D eigenvalue weighted by molar-refractivity contribution is 6.12. The van der Waals surface area contributed by atoms with Gasteiger partial charge in [0.05, 0.1) is 57.6 Å². The third-order valence-corrected chi connectivity index (χ3v) is 10.7. The Kier molecular flexibility index (Phi) is 7.53. The van der Waals surface area contributed by atoms with Gasteiger partial charge >= 0.3 is 0 Å². The van der Waals surface area contributed by atoms with Gasteiger partial charge in [0, 0.05) is 50.8 Å². The molecule has 0 atom stereocenters. The third-order valence-electron chi connectivity index (χ3n) is 10.7. The average molecular weight is 713 g/mol. The van der Waals surface area contributed by atoms with E-state index in [-0.39, 0.29) is 0 Å². The minimum atomic E-state index is 0.547. The molecule has 7 aromatic carbocycles. The van der Waals surface area contributed by atoms with Gasteiger partial charge in [-0.3, -0.25) is 4.98 Å². The van der Waals surface area contributed by atoms with Crippen molar-refractivity contribution >= 4 is 49.3 Å². The van der Waals surface area contributed by atoms with E-state index in [1.54, 1.807) is 6.20 Å². The molecule has 0 spiro atoms. The summed E-state index contributed by atoms with van der Waals surface area (Å²) in [5.41, 5.74) is 13.4. The fourth-order valence-corrected chi connectivity index (χ4v) is 8.15. The van der Waals surface area contributed by atoms with Crippen LogP contribution in [0, 0.1) is 29.2 Å². The van der Waals surface area contributed by atoms with Gasteiger partial charge in [0.1, 0.15) is 0 Å². The predicted molar refractivity (Wildman–Crippen MR) is 225 cm³/mol. The number of rotatable bonds is 5. The third kappa shape index (κ3) is 5.12. The van der Waals surface area contributed by atoms with Crippen LogP contribution in [0.25, 0.3) is 93.2 Å². The van der Waals surface area contributed by atoms with Crippen molar-refractivity contribution in [2.45, 2.75) is 0 Å². The zero-order valence-electron chi connectivity index (χ0n) is 29.8. The van der Waals surface area contributed by atoms with Crippen LogP contribution in [0.4, 0.5) is 5.69 Å². The molecule has 0 aliphatic carbocycles. The molecule has 0 N–H and O–H groups in total. The molecule has 6 nitrogen and oxygen atoms in total. The number of hydrogen-bond donors (Lipinski definition) is 0. The van der Waals surface area contributed by atoms with Gasteiger partial charge in [-0.05, 0) is 101 Å². The first-order valence-corrected chi connectivity index (χ1v) is 18.2. The lowest BCUT2D eigenvalue weighted by Crippen LogP contribution is -2.01. The summed E-state index contributed by atoms with van der Waals surface area (Å²) in [4.78, 5) is 8.25. The fourth-order valence-electron chi connectivity index (χ4n) is 8.15. The van der Waals surface area contributed by atoms with Crippen molar-refractivity contribution in [2.75, 3.05) is 0 Å². The van der Waals surface area contributed by atoms with Crippen LogP contribution in [-0.2, 0) is 0 Å². The van der Waals surface area contributed by atoms with E-state index in [0.717, 1.165) is 88.4 Å². The van der Waals surface area contributed by atoms with Crippen molar-refractivity contribution in [3.05, 3.63) is 193 Å². The van der Waals surface area contributed by atoms with Crippen molar-refractivity contribution in [3.8, 4) is 56.9 Å². The van der Waals surface area contributed by atoms with Gasteiger partial charge in [-0.15, -0.1) is 0 Å². The zero-order valence-corrected chi connectivity index (χ0v) is 29.8. The smallest absolute Gasteiger partial charge is 0.187 e. The molecule has 0 amide bonds. The second-order valence-electron chi connectivity index (χ2n) is 13.8. The molecule has 6 heteroatoms. The van der Waals surface area contributed by atoms with Crippen LogP contribution < -0.4 is 0 Å². The van der Waals surface area contributed by atoms with Crippen LogP contribution >= 0.6 is 0 Å². The van der Waals surface area contributed by atoms with E-state index in [4.69, 9.17) is 6.57 Å². The first-order chi connectivity index (χ1) is 27.6. The molecule has 3 heterocycles. The van der Waals surface area contributed by atoms with Gasteiger partial charge < -0.3 is 9.13 Å². The molecule has 258 valence electrons. The highest BCUT2D eigenvalue weighted by Crippen LogP contribution is 2.41. The Hall–Kier alpha value is -8.24. The molecule has 10 rings (SSSR count). The highest BCUT2D eigenvalue weighted by atomic mass is 15.0. The van der Waals surface area contributed by atoms with Gasteiger partial charge in [0.2, 0.25) is 0 Å². The summed E-state index contributed by atoms with van der Waals surface area (Å²) < 4.78 is 4.52. The zero-order chi connectivity index (χ0) is 37.8. The summed E-state index contributed by atoms with van der Waals surface area (Å²) >= 11 is 0. The number of nitriles is 2. The van der Waals surface area contributed by atoms with Crippen LogP contribution in [0.1, 0.15) is 11.1 Å². The number of hydrogen-bond acceptors (Lipinski definition) is 3. The van der Waals surface area contributed by atoms with Crippen LogP contribution in [0.5, 0.6) is 0 Å². The number of fused-ring (bicyclic) bond motifs is 6. The molecule has 0 fully saturated rings. The van der Waals surface area contributed by atoms with Crippen molar-refractivity contribution < 1.29 is 0 Å². The summed E-state index contributed by atoms with van der Waals surface area (Å²) in [6.45, 7) is 7.52. The monoisotopic (exact) mass is 712 g/mol. The van der Waals surface area contributed by atoms with Crippen molar-refractivity contribution in [1.82, 2.24) is 14.1 Å². The Balaban J connectivity index is 1.17. The number of benzene rings is 7. The molecule has 0 saturated heterocycles. The molecule has 0 aliphatic rings. The summed E-state index contributed by atoms with van der Waals surface area (Å²) in [5.74, 6) is 0. The van der Waals surface area contributed by atoms with E-state index < -0.39 is 0 Å². The van der Waals surface area contributed by atoms with Gasteiger partial charge in [0.15, 0.2) is 5.69 Å². The maximum Gasteiger partial charge on any atom is 0.187 e. The van der Waals surface area contributed by atoms with Crippen LogP contribution in [-0.4, -0.2) is 14.1 Å². The van der Waals surface area contributed by atoms with Gasteiger partial charge in [-0.1, -0.05) is 78.9 Å². The molecule has 0 saturated carbocycles. The topological polar surface area (TPSA) is 74.7 Å². The lowest BCUT2D eigenvalue weighted by molar-refractivity contribution is 1.15. The van der Waals surface area contributed by atoms with E-state index >= 15 is 0 Å². The van der Waals surface area contributed by atoms with Crippen molar-refractivity contribution in [3.63, 3.8) is 0 Å². The van der Waals surface area contributed by atoms with Gasteiger partial charge in [0.25, 0.3) is 0 Å². The Morgan fingerprint density at radius 3 is 1.82 bits per heavy atom. The van der Waals surface area contributed by atoms with Crippen LogP contribution in [0.15, 0.2) is 170 Å². The normalized spacial score (nSPS) is 11.2. The van der Waals surface area contributed by atoms with E-state index in [1.165, 1.54) is 0 Å². The van der Waals surface area contributed by atoms with E-state index in [1.807, 2.05) is 85.1 Å². The first kappa shape index (κ1) is 32.4. The first-order valence-electron chi connectivity index (χ1n) is 18.2. The Labute approximate surface area is 322 Å². The number of aromatic nitrogens is 3. The molecule has 56 heavy (non-hydrogen) atoms. The van der Waals surface area contributed by atoms with Crippen LogP contribution in [0.3, 0.4) is 0 Å². The Morgan fingerprint density at radius 1 is 0.500 bits per heavy atom. The average Bonchev–Trinajstić information content (AvgIpc) is 3.78. The van der Waals surface area contributed by atoms with Gasteiger partial charge in [-0.2, -0.15) is 10.5 Å². The maximum atomic E-state index is 10.5. The molecule has 3 aromatic heterocycles. The van der Waals surface area contributed by atoms with E-state index in [9.17, 15) is 10.5 Å². The lowest BCUT2D eigenvalue weighted by Gasteiger charge is -2.16. The minimum absolute atomic E-state index is 0.547. The molecular formula is C50H28N6. The molecule has 0 aliphatic heterocycles. The number of pyridine rings is 1. The van der Waals surface area contributed by atoms with Gasteiger partial charge in [-0.25, -0.2) is 4.85 Å². The predicted octanol–water partition coefficient (Wildman–Crippen LogP) is 12.6. The quantitative estimate of drug-likeness (QED) is 0.167. The number of nitrogens with zero attached hydrogens (tertiary/aromatic N) is 6. The maximum absolute atomic E-state index is 10.5. The molecule has 0 unspecified atom stereocenters. The summed E-state index contributed by atoms with van der Waals surface area (Å²) in [7, 11) is 0. The fraction of sp³-hybridized carbons (Fsp3) is 0. The Bertz CT molecular complexity index is 3360. The second kappa shape index (κ2) is 13.0.